The molecule has 0 heterocycles. The average molecular weight is 306 g/mol. The summed E-state index contributed by atoms with van der Waals surface area (Å²) in [5.41, 5.74) is 0.833. The molecule has 4 nitrogen and oxygen atoms in total. The third kappa shape index (κ3) is 4.55. The van der Waals surface area contributed by atoms with Crippen LogP contribution in [0.15, 0.2) is 29.2 Å². The molecule has 2 atom stereocenters. The number of rotatable bonds is 4. The van der Waals surface area contributed by atoms with Crippen LogP contribution < -0.4 is 4.72 Å². The summed E-state index contributed by atoms with van der Waals surface area (Å²) in [6, 6.07) is 8.65. The van der Waals surface area contributed by atoms with E-state index in [1.54, 1.807) is 24.3 Å². The van der Waals surface area contributed by atoms with Gasteiger partial charge in [-0.15, -0.1) is 0 Å². The van der Waals surface area contributed by atoms with E-state index in [9.17, 15) is 8.42 Å². The van der Waals surface area contributed by atoms with Gasteiger partial charge in [0.2, 0.25) is 10.0 Å². The minimum Gasteiger partial charge on any atom is -0.208 e. The standard InChI is InChI=1S/C16H22N2O2S/c1-13-3-2-4-15(8-5-13)18-21(19,20)16-9-6-14(7-10-16)11-12-17/h6-7,9-10,13,15,18H,2-5,8,11H2,1H3. The lowest BCUT2D eigenvalue weighted by Gasteiger charge is -2.16. The Morgan fingerprint density at radius 3 is 2.57 bits per heavy atom. The second kappa shape index (κ2) is 7.06. The molecule has 1 fully saturated rings. The van der Waals surface area contributed by atoms with Gasteiger partial charge in [0.05, 0.1) is 17.4 Å². The molecule has 1 saturated carbocycles. The van der Waals surface area contributed by atoms with Gasteiger partial charge < -0.3 is 0 Å². The molecule has 1 N–H and O–H groups in total. The van der Waals surface area contributed by atoms with Gasteiger partial charge in [0.15, 0.2) is 0 Å². The summed E-state index contributed by atoms with van der Waals surface area (Å²) in [5, 5.41) is 8.63. The van der Waals surface area contributed by atoms with Gasteiger partial charge in [-0.25, -0.2) is 13.1 Å². The number of hydrogen-bond donors (Lipinski definition) is 1. The first-order valence-corrected chi connectivity index (χ1v) is 8.98. The molecule has 5 heteroatoms. The lowest BCUT2D eigenvalue weighted by Crippen LogP contribution is -2.34. The highest BCUT2D eigenvalue weighted by atomic mass is 32.2. The SMILES string of the molecule is CC1CCCC(NS(=O)(=O)c2ccc(CC#N)cc2)CC1. The maximum Gasteiger partial charge on any atom is 0.240 e. The Balaban J connectivity index is 2.05. The van der Waals surface area contributed by atoms with E-state index in [1.165, 1.54) is 6.42 Å². The number of nitrogens with zero attached hydrogens (tertiary/aromatic N) is 1. The quantitative estimate of drug-likeness (QED) is 0.869. The van der Waals surface area contributed by atoms with Crippen LogP contribution in [0.2, 0.25) is 0 Å². The van der Waals surface area contributed by atoms with Gasteiger partial charge in [-0.05, 0) is 42.9 Å². The van der Waals surface area contributed by atoms with Gasteiger partial charge in [-0.3, -0.25) is 0 Å². The Kier molecular flexibility index (Phi) is 5.38. The number of sulfonamides is 1. The van der Waals surface area contributed by atoms with E-state index >= 15 is 0 Å². The molecular formula is C16H22N2O2S. The second-order valence-corrected chi connectivity index (χ2v) is 7.62. The Labute approximate surface area is 127 Å². The number of nitriles is 1. The van der Waals surface area contributed by atoms with Crippen molar-refractivity contribution in [2.45, 2.75) is 56.4 Å². The highest BCUT2D eigenvalue weighted by Crippen LogP contribution is 2.24. The van der Waals surface area contributed by atoms with Gasteiger partial charge in [-0.2, -0.15) is 5.26 Å². The Morgan fingerprint density at radius 1 is 1.19 bits per heavy atom. The van der Waals surface area contributed by atoms with E-state index in [4.69, 9.17) is 5.26 Å². The zero-order chi connectivity index (χ0) is 15.3. The van der Waals surface area contributed by atoms with Crippen LogP contribution in [0, 0.1) is 17.2 Å². The van der Waals surface area contributed by atoms with Crippen molar-refractivity contribution in [3.8, 4) is 6.07 Å². The molecule has 2 rings (SSSR count). The molecule has 1 aromatic rings. The Hall–Kier alpha value is -1.38. The molecule has 0 saturated heterocycles. The maximum atomic E-state index is 12.4. The van der Waals surface area contributed by atoms with Crippen molar-refractivity contribution in [1.29, 1.82) is 5.26 Å². The Morgan fingerprint density at radius 2 is 1.90 bits per heavy atom. The van der Waals surface area contributed by atoms with Crippen LogP contribution in [0.3, 0.4) is 0 Å². The van der Waals surface area contributed by atoms with Gasteiger partial charge >= 0.3 is 0 Å². The van der Waals surface area contributed by atoms with Gasteiger partial charge in [0.25, 0.3) is 0 Å². The first-order chi connectivity index (χ1) is 10.0. The second-order valence-electron chi connectivity index (χ2n) is 5.91. The lowest BCUT2D eigenvalue weighted by atomic mass is 10.0. The minimum absolute atomic E-state index is 0.0405. The van der Waals surface area contributed by atoms with Crippen LogP contribution in [0.5, 0.6) is 0 Å². The first kappa shape index (κ1) is 16.0. The molecule has 1 aliphatic carbocycles. The van der Waals surface area contributed by atoms with Crippen molar-refractivity contribution in [2.24, 2.45) is 5.92 Å². The summed E-state index contributed by atoms with van der Waals surface area (Å²) in [6.45, 7) is 2.23. The molecule has 1 aliphatic rings. The summed E-state index contributed by atoms with van der Waals surface area (Å²) in [7, 11) is -3.46. The third-order valence-electron chi connectivity index (χ3n) is 4.10. The van der Waals surface area contributed by atoms with Gasteiger partial charge in [0.1, 0.15) is 0 Å². The van der Waals surface area contributed by atoms with Crippen molar-refractivity contribution in [2.75, 3.05) is 0 Å². The van der Waals surface area contributed by atoms with Crippen LogP contribution in [0.25, 0.3) is 0 Å². The summed E-state index contributed by atoms with van der Waals surface area (Å²) >= 11 is 0. The van der Waals surface area contributed by atoms with E-state index in [1.807, 2.05) is 0 Å². The molecule has 0 amide bonds. The zero-order valence-electron chi connectivity index (χ0n) is 12.4. The molecular weight excluding hydrogens is 284 g/mol. The van der Waals surface area contributed by atoms with Crippen molar-refractivity contribution < 1.29 is 8.42 Å². The molecule has 1 aromatic carbocycles. The highest BCUT2D eigenvalue weighted by molar-refractivity contribution is 7.89. The van der Waals surface area contributed by atoms with Crippen LogP contribution in [0.4, 0.5) is 0 Å². The highest BCUT2D eigenvalue weighted by Gasteiger charge is 2.22. The molecule has 0 radical (unpaired) electrons. The van der Waals surface area contributed by atoms with E-state index < -0.39 is 10.0 Å². The maximum absolute atomic E-state index is 12.4. The van der Waals surface area contributed by atoms with Crippen LogP contribution in [-0.2, 0) is 16.4 Å². The van der Waals surface area contributed by atoms with Crippen LogP contribution in [0.1, 0.15) is 44.6 Å². The number of hydrogen-bond acceptors (Lipinski definition) is 3. The minimum atomic E-state index is -3.46. The topological polar surface area (TPSA) is 70.0 Å². The van der Waals surface area contributed by atoms with E-state index in [-0.39, 0.29) is 10.9 Å². The normalized spacial score (nSPS) is 23.2. The van der Waals surface area contributed by atoms with Crippen molar-refractivity contribution in [3.63, 3.8) is 0 Å². The van der Waals surface area contributed by atoms with Gasteiger partial charge in [0, 0.05) is 6.04 Å². The molecule has 2 unspecified atom stereocenters. The predicted octanol–water partition coefficient (Wildman–Crippen LogP) is 3.00. The number of benzene rings is 1. The molecule has 114 valence electrons. The van der Waals surface area contributed by atoms with Gasteiger partial charge in [-0.1, -0.05) is 31.9 Å². The Bertz CT molecular complexity index is 602. The monoisotopic (exact) mass is 306 g/mol. The summed E-state index contributed by atoms with van der Waals surface area (Å²) in [6.07, 6.45) is 5.46. The van der Waals surface area contributed by atoms with Crippen LogP contribution in [-0.4, -0.2) is 14.5 Å². The third-order valence-corrected chi connectivity index (χ3v) is 5.63. The molecule has 0 spiro atoms. The van der Waals surface area contributed by atoms with Crippen molar-refractivity contribution in [3.05, 3.63) is 29.8 Å². The largest absolute Gasteiger partial charge is 0.240 e. The smallest absolute Gasteiger partial charge is 0.208 e. The first-order valence-electron chi connectivity index (χ1n) is 7.49. The summed E-state index contributed by atoms with van der Waals surface area (Å²) in [4.78, 5) is 0.279. The fraction of sp³-hybridized carbons (Fsp3) is 0.562. The van der Waals surface area contributed by atoms with E-state index in [0.717, 1.165) is 31.2 Å². The fourth-order valence-electron chi connectivity index (χ4n) is 2.77. The summed E-state index contributed by atoms with van der Waals surface area (Å²) < 4.78 is 27.6. The molecule has 0 aromatic heterocycles. The summed E-state index contributed by atoms with van der Waals surface area (Å²) in [5.74, 6) is 0.685. The van der Waals surface area contributed by atoms with Crippen LogP contribution >= 0.6 is 0 Å². The molecule has 21 heavy (non-hydrogen) atoms. The number of nitrogens with one attached hydrogen (secondary N) is 1. The average Bonchev–Trinajstić information content (AvgIpc) is 2.64. The molecule has 0 bridgehead atoms. The van der Waals surface area contributed by atoms with E-state index in [2.05, 4.69) is 17.7 Å². The zero-order valence-corrected chi connectivity index (χ0v) is 13.2. The predicted molar refractivity (Wildman–Crippen MR) is 82.1 cm³/mol. The van der Waals surface area contributed by atoms with Crippen molar-refractivity contribution >= 4 is 10.0 Å². The van der Waals surface area contributed by atoms with E-state index in [0.29, 0.717) is 12.3 Å². The lowest BCUT2D eigenvalue weighted by molar-refractivity contribution is 0.484. The van der Waals surface area contributed by atoms with Crippen molar-refractivity contribution in [1.82, 2.24) is 4.72 Å². The fourth-order valence-corrected chi connectivity index (χ4v) is 4.08. The molecule has 0 aliphatic heterocycles.